The van der Waals surface area contributed by atoms with Gasteiger partial charge in [0.05, 0.1) is 11.4 Å². The summed E-state index contributed by atoms with van der Waals surface area (Å²) in [6.07, 6.45) is 5.69. The number of fused-ring (bicyclic) bond motifs is 3. The van der Waals surface area contributed by atoms with Crippen molar-refractivity contribution in [3.8, 4) is 0 Å². The molecule has 0 radical (unpaired) electrons. The normalized spacial score (nSPS) is 30.6. The van der Waals surface area contributed by atoms with Crippen molar-refractivity contribution in [3.05, 3.63) is 24.3 Å². The zero-order chi connectivity index (χ0) is 16.0. The van der Waals surface area contributed by atoms with Gasteiger partial charge >= 0.3 is 0 Å². The molecule has 1 aromatic carbocycles. The lowest BCUT2D eigenvalue weighted by Crippen LogP contribution is -2.51. The lowest BCUT2D eigenvalue weighted by atomic mass is 9.65. The maximum atomic E-state index is 13.2. The minimum atomic E-state index is 0. The zero-order valence-corrected chi connectivity index (χ0v) is 16.4. The molecular weight excluding hydrogens is 357 g/mol. The first-order valence-corrected chi connectivity index (χ1v) is 9.02. The molecule has 2 unspecified atom stereocenters. The average Bonchev–Trinajstić information content (AvgIpc) is 2.55. The van der Waals surface area contributed by atoms with E-state index >= 15 is 0 Å². The number of likely N-dealkylation sites (N-methyl/N-ethyl adjacent to an activating group) is 1. The second kappa shape index (κ2) is 8.15. The first-order chi connectivity index (χ1) is 11.1. The fraction of sp³-hybridized carbons (Fsp3) is 0.632. The van der Waals surface area contributed by atoms with Crippen LogP contribution in [-0.2, 0) is 4.79 Å². The molecule has 2 aliphatic carbocycles. The monoisotopic (exact) mass is 385 g/mol. The third kappa shape index (κ3) is 3.62. The van der Waals surface area contributed by atoms with Crippen LogP contribution >= 0.6 is 24.8 Å². The van der Waals surface area contributed by atoms with E-state index in [-0.39, 0.29) is 30.7 Å². The number of carbonyl (C=O) groups is 1. The Bertz CT molecular complexity index is 598. The standard InChI is InChI=1S/C19H27N3O.2ClH/c1-21-9-10-22(17-8-3-2-7-16(17)21)19(23)15-11-13-5-4-6-14(12-15)18(13)20;;/h2-3,7-8,13-15,18H,4-6,9-12,20H2,1H3;2*1H. The van der Waals surface area contributed by atoms with Gasteiger partial charge in [-0.25, -0.2) is 0 Å². The Hall–Kier alpha value is -0.970. The van der Waals surface area contributed by atoms with Crippen LogP contribution in [0.15, 0.2) is 24.3 Å². The molecule has 0 saturated heterocycles. The van der Waals surface area contributed by atoms with Gasteiger partial charge in [-0.3, -0.25) is 4.79 Å². The number of para-hydroxylation sites is 2. The molecule has 1 amide bonds. The number of halogens is 2. The van der Waals surface area contributed by atoms with Gasteiger partial charge in [0.2, 0.25) is 5.91 Å². The Morgan fingerprint density at radius 2 is 1.64 bits per heavy atom. The molecule has 140 valence electrons. The maximum Gasteiger partial charge on any atom is 0.230 e. The SMILES string of the molecule is CN1CCN(C(=O)C2CC3CCCC(C2)C3N)c2ccccc21.Cl.Cl. The summed E-state index contributed by atoms with van der Waals surface area (Å²) in [4.78, 5) is 17.5. The van der Waals surface area contributed by atoms with E-state index < -0.39 is 0 Å². The second-order valence-electron chi connectivity index (χ2n) is 7.60. The minimum absolute atomic E-state index is 0. The molecule has 2 atom stereocenters. The van der Waals surface area contributed by atoms with Crippen molar-refractivity contribution >= 4 is 42.1 Å². The topological polar surface area (TPSA) is 49.6 Å². The first-order valence-electron chi connectivity index (χ1n) is 9.02. The van der Waals surface area contributed by atoms with Crippen LogP contribution in [-0.4, -0.2) is 32.1 Å². The number of nitrogens with two attached hydrogens (primary N) is 1. The van der Waals surface area contributed by atoms with Crippen molar-refractivity contribution in [2.24, 2.45) is 23.5 Å². The lowest BCUT2D eigenvalue weighted by molar-refractivity contribution is -0.125. The number of hydrogen-bond acceptors (Lipinski definition) is 3. The van der Waals surface area contributed by atoms with Gasteiger partial charge in [0.1, 0.15) is 0 Å². The van der Waals surface area contributed by atoms with Crippen molar-refractivity contribution in [1.29, 1.82) is 0 Å². The number of carbonyl (C=O) groups excluding carboxylic acids is 1. The van der Waals surface area contributed by atoms with Crippen molar-refractivity contribution < 1.29 is 4.79 Å². The van der Waals surface area contributed by atoms with E-state index in [2.05, 4.69) is 24.1 Å². The van der Waals surface area contributed by atoms with E-state index in [4.69, 9.17) is 5.73 Å². The van der Waals surface area contributed by atoms with Crippen LogP contribution in [0.1, 0.15) is 32.1 Å². The molecule has 0 aromatic heterocycles. The molecule has 1 aliphatic heterocycles. The summed E-state index contributed by atoms with van der Waals surface area (Å²) in [7, 11) is 2.10. The van der Waals surface area contributed by atoms with E-state index in [9.17, 15) is 4.79 Å². The molecular formula is C19H29Cl2N3O. The highest BCUT2D eigenvalue weighted by molar-refractivity contribution is 5.99. The lowest BCUT2D eigenvalue weighted by Gasteiger charge is -2.45. The molecule has 2 N–H and O–H groups in total. The van der Waals surface area contributed by atoms with Crippen LogP contribution in [0.2, 0.25) is 0 Å². The van der Waals surface area contributed by atoms with Crippen LogP contribution in [0, 0.1) is 17.8 Å². The highest BCUT2D eigenvalue weighted by atomic mass is 35.5. The molecule has 1 aromatic rings. The third-order valence-corrected chi connectivity index (χ3v) is 6.27. The van der Waals surface area contributed by atoms with Crippen LogP contribution in [0.5, 0.6) is 0 Å². The van der Waals surface area contributed by atoms with Gasteiger partial charge in [-0.15, -0.1) is 24.8 Å². The fourth-order valence-electron chi connectivity index (χ4n) is 4.95. The van der Waals surface area contributed by atoms with Gasteiger partial charge in [0.25, 0.3) is 0 Å². The van der Waals surface area contributed by atoms with Crippen molar-refractivity contribution in [2.75, 3.05) is 29.9 Å². The van der Waals surface area contributed by atoms with E-state index in [0.29, 0.717) is 23.8 Å². The van der Waals surface area contributed by atoms with Crippen LogP contribution in [0.3, 0.4) is 0 Å². The highest BCUT2D eigenvalue weighted by Gasteiger charge is 2.42. The summed E-state index contributed by atoms with van der Waals surface area (Å²) in [5.74, 6) is 1.61. The number of anilines is 2. The molecule has 4 rings (SSSR count). The van der Waals surface area contributed by atoms with Gasteiger partial charge in [-0.1, -0.05) is 18.6 Å². The van der Waals surface area contributed by atoms with Crippen molar-refractivity contribution in [1.82, 2.24) is 0 Å². The van der Waals surface area contributed by atoms with E-state index in [1.807, 2.05) is 17.0 Å². The van der Waals surface area contributed by atoms with Gasteiger partial charge in [-0.05, 0) is 49.7 Å². The van der Waals surface area contributed by atoms with Gasteiger partial charge in [0.15, 0.2) is 0 Å². The Balaban J connectivity index is 0.00000113. The highest BCUT2D eigenvalue weighted by Crippen LogP contribution is 2.43. The van der Waals surface area contributed by atoms with E-state index in [1.165, 1.54) is 24.9 Å². The molecule has 2 bridgehead atoms. The number of benzene rings is 1. The fourth-order valence-corrected chi connectivity index (χ4v) is 4.95. The molecule has 0 spiro atoms. The van der Waals surface area contributed by atoms with E-state index in [1.54, 1.807) is 0 Å². The van der Waals surface area contributed by atoms with Gasteiger partial charge < -0.3 is 15.5 Å². The van der Waals surface area contributed by atoms with Gasteiger partial charge in [-0.2, -0.15) is 0 Å². The maximum absolute atomic E-state index is 13.2. The molecule has 2 saturated carbocycles. The summed E-state index contributed by atoms with van der Waals surface area (Å²) in [6.45, 7) is 1.70. The molecule has 2 fully saturated rings. The number of nitrogens with zero attached hydrogens (tertiary/aromatic N) is 2. The summed E-state index contributed by atoms with van der Waals surface area (Å²) in [5, 5.41) is 0. The Labute approximate surface area is 162 Å². The third-order valence-electron chi connectivity index (χ3n) is 6.27. The Morgan fingerprint density at radius 1 is 1.04 bits per heavy atom. The Kier molecular flexibility index (Phi) is 6.63. The molecule has 25 heavy (non-hydrogen) atoms. The minimum Gasteiger partial charge on any atom is -0.371 e. The summed E-state index contributed by atoms with van der Waals surface area (Å²) >= 11 is 0. The zero-order valence-electron chi connectivity index (χ0n) is 14.8. The summed E-state index contributed by atoms with van der Waals surface area (Å²) in [6, 6.07) is 8.60. The number of amides is 1. The quantitative estimate of drug-likeness (QED) is 0.804. The average molecular weight is 386 g/mol. The predicted molar refractivity (Wildman–Crippen MR) is 108 cm³/mol. The van der Waals surface area contributed by atoms with E-state index in [0.717, 1.165) is 31.6 Å². The van der Waals surface area contributed by atoms with Crippen molar-refractivity contribution in [3.63, 3.8) is 0 Å². The summed E-state index contributed by atoms with van der Waals surface area (Å²) < 4.78 is 0. The largest absolute Gasteiger partial charge is 0.371 e. The molecule has 1 heterocycles. The molecule has 6 heteroatoms. The number of hydrogen-bond donors (Lipinski definition) is 1. The van der Waals surface area contributed by atoms with Gasteiger partial charge in [0, 0.05) is 32.1 Å². The van der Waals surface area contributed by atoms with Crippen LogP contribution in [0.4, 0.5) is 11.4 Å². The summed E-state index contributed by atoms with van der Waals surface area (Å²) in [5.41, 5.74) is 8.63. The van der Waals surface area contributed by atoms with Crippen molar-refractivity contribution in [2.45, 2.75) is 38.1 Å². The van der Waals surface area contributed by atoms with Crippen LogP contribution < -0.4 is 15.5 Å². The molecule has 4 nitrogen and oxygen atoms in total. The number of rotatable bonds is 1. The van der Waals surface area contributed by atoms with Crippen LogP contribution in [0.25, 0.3) is 0 Å². The smallest absolute Gasteiger partial charge is 0.230 e. The predicted octanol–water partition coefficient (Wildman–Crippen LogP) is 3.47. The molecule has 3 aliphatic rings. The Morgan fingerprint density at radius 3 is 2.28 bits per heavy atom. The second-order valence-corrected chi connectivity index (χ2v) is 7.60. The first kappa shape index (κ1) is 20.3.